The fraction of sp³-hybridized carbons (Fsp3) is 0.308. The summed E-state index contributed by atoms with van der Waals surface area (Å²) in [6, 6.07) is 8.64. The molecule has 1 aromatic heterocycles. The van der Waals surface area contributed by atoms with E-state index in [0.717, 1.165) is 11.6 Å². The van der Waals surface area contributed by atoms with E-state index in [4.69, 9.17) is 0 Å². The third-order valence-electron chi connectivity index (χ3n) is 3.03. The van der Waals surface area contributed by atoms with Crippen molar-refractivity contribution in [3.05, 3.63) is 34.7 Å². The molecule has 82 valence electrons. The average Bonchev–Trinajstić information content (AvgIpc) is 2.66. The van der Waals surface area contributed by atoms with Gasteiger partial charge in [0.25, 0.3) is 0 Å². The van der Waals surface area contributed by atoms with Gasteiger partial charge in [0.1, 0.15) is 0 Å². The predicted octanol–water partition coefficient (Wildman–Crippen LogP) is 3.34. The van der Waals surface area contributed by atoms with Crippen molar-refractivity contribution in [2.75, 3.05) is 12.4 Å². The van der Waals surface area contributed by atoms with E-state index < -0.39 is 0 Å². The SMILES string of the molecule is CNc1nc2c(s1)CCCc1ccccc1-2. The Morgan fingerprint density at radius 3 is 3.00 bits per heavy atom. The van der Waals surface area contributed by atoms with Gasteiger partial charge in [0.15, 0.2) is 5.13 Å². The molecule has 0 atom stereocenters. The maximum atomic E-state index is 4.68. The highest BCUT2D eigenvalue weighted by molar-refractivity contribution is 7.16. The minimum Gasteiger partial charge on any atom is -0.365 e. The number of anilines is 1. The van der Waals surface area contributed by atoms with Crippen molar-refractivity contribution in [3.63, 3.8) is 0 Å². The lowest BCUT2D eigenvalue weighted by molar-refractivity contribution is 0.843. The highest BCUT2D eigenvalue weighted by atomic mass is 32.1. The van der Waals surface area contributed by atoms with Crippen molar-refractivity contribution in [2.45, 2.75) is 19.3 Å². The second-order valence-corrected chi connectivity index (χ2v) is 5.14. The van der Waals surface area contributed by atoms with Gasteiger partial charge in [-0.1, -0.05) is 24.3 Å². The van der Waals surface area contributed by atoms with E-state index in [1.807, 2.05) is 7.05 Å². The third kappa shape index (κ3) is 1.52. The summed E-state index contributed by atoms with van der Waals surface area (Å²) >= 11 is 1.79. The Bertz CT molecular complexity index is 516. The molecule has 0 saturated heterocycles. The van der Waals surface area contributed by atoms with Crippen LogP contribution in [0.1, 0.15) is 16.9 Å². The number of thiazole rings is 1. The first kappa shape index (κ1) is 9.85. The van der Waals surface area contributed by atoms with Crippen LogP contribution in [0.4, 0.5) is 5.13 Å². The predicted molar refractivity (Wildman–Crippen MR) is 69.1 cm³/mol. The van der Waals surface area contributed by atoms with Crippen LogP contribution in [0.3, 0.4) is 0 Å². The van der Waals surface area contributed by atoms with Crippen LogP contribution in [-0.2, 0) is 12.8 Å². The molecular formula is C13H14N2S. The summed E-state index contributed by atoms with van der Waals surface area (Å²) in [6.45, 7) is 0. The number of hydrogen-bond acceptors (Lipinski definition) is 3. The van der Waals surface area contributed by atoms with Gasteiger partial charge < -0.3 is 5.32 Å². The third-order valence-corrected chi connectivity index (χ3v) is 4.17. The van der Waals surface area contributed by atoms with Gasteiger partial charge >= 0.3 is 0 Å². The second kappa shape index (κ2) is 3.91. The molecule has 2 nitrogen and oxygen atoms in total. The zero-order chi connectivity index (χ0) is 11.0. The summed E-state index contributed by atoms with van der Waals surface area (Å²) in [5, 5.41) is 4.17. The van der Waals surface area contributed by atoms with E-state index in [9.17, 15) is 0 Å². The van der Waals surface area contributed by atoms with Crippen LogP contribution >= 0.6 is 11.3 Å². The van der Waals surface area contributed by atoms with Crippen LogP contribution in [0, 0.1) is 0 Å². The van der Waals surface area contributed by atoms with Crippen molar-refractivity contribution in [3.8, 4) is 11.3 Å². The molecule has 0 bridgehead atoms. The Morgan fingerprint density at radius 1 is 1.25 bits per heavy atom. The summed E-state index contributed by atoms with van der Waals surface area (Å²) in [5.41, 5.74) is 3.96. The van der Waals surface area contributed by atoms with Crippen molar-refractivity contribution in [1.29, 1.82) is 0 Å². The first-order valence-electron chi connectivity index (χ1n) is 5.64. The lowest BCUT2D eigenvalue weighted by Crippen LogP contribution is -1.89. The van der Waals surface area contributed by atoms with E-state index >= 15 is 0 Å². The number of aryl methyl sites for hydroxylation is 2. The lowest BCUT2D eigenvalue weighted by atomic mass is 10.0. The highest BCUT2D eigenvalue weighted by Crippen LogP contribution is 2.36. The maximum Gasteiger partial charge on any atom is 0.183 e. The molecule has 0 unspecified atom stereocenters. The fourth-order valence-corrected chi connectivity index (χ4v) is 3.22. The molecule has 0 fully saturated rings. The summed E-state index contributed by atoms with van der Waals surface area (Å²) in [6.07, 6.45) is 3.56. The van der Waals surface area contributed by atoms with Crippen molar-refractivity contribution >= 4 is 16.5 Å². The monoisotopic (exact) mass is 230 g/mol. The minimum atomic E-state index is 1.03. The number of fused-ring (bicyclic) bond motifs is 3. The van der Waals surface area contributed by atoms with Crippen LogP contribution in [0.15, 0.2) is 24.3 Å². The molecular weight excluding hydrogens is 216 g/mol. The Hall–Kier alpha value is -1.35. The number of aromatic nitrogens is 1. The number of benzene rings is 1. The lowest BCUT2D eigenvalue weighted by Gasteiger charge is -2.03. The molecule has 2 aromatic rings. The van der Waals surface area contributed by atoms with Crippen LogP contribution in [0.25, 0.3) is 11.3 Å². The largest absolute Gasteiger partial charge is 0.365 e. The first-order valence-corrected chi connectivity index (χ1v) is 6.46. The maximum absolute atomic E-state index is 4.68. The van der Waals surface area contributed by atoms with Crippen LogP contribution < -0.4 is 5.32 Å². The summed E-state index contributed by atoms with van der Waals surface area (Å²) in [4.78, 5) is 6.10. The topological polar surface area (TPSA) is 24.9 Å². The van der Waals surface area contributed by atoms with E-state index in [0.29, 0.717) is 0 Å². The molecule has 0 aliphatic heterocycles. The number of nitrogens with zero attached hydrogens (tertiary/aromatic N) is 1. The Kier molecular flexibility index (Phi) is 2.40. The van der Waals surface area contributed by atoms with Gasteiger partial charge in [-0.3, -0.25) is 0 Å². The molecule has 0 spiro atoms. The molecule has 0 radical (unpaired) electrons. The zero-order valence-electron chi connectivity index (χ0n) is 9.29. The van der Waals surface area contributed by atoms with Crippen molar-refractivity contribution < 1.29 is 0 Å². The summed E-state index contributed by atoms with van der Waals surface area (Å²) in [5.74, 6) is 0. The second-order valence-electron chi connectivity index (χ2n) is 4.05. The Balaban J connectivity index is 2.20. The minimum absolute atomic E-state index is 1.03. The van der Waals surface area contributed by atoms with Crippen LogP contribution in [0.2, 0.25) is 0 Å². The molecule has 3 heteroatoms. The Labute approximate surface area is 99.4 Å². The number of hydrogen-bond donors (Lipinski definition) is 1. The molecule has 0 amide bonds. The molecule has 1 aliphatic rings. The van der Waals surface area contributed by atoms with Gasteiger partial charge in [-0.15, -0.1) is 11.3 Å². The van der Waals surface area contributed by atoms with Gasteiger partial charge in [-0.2, -0.15) is 0 Å². The molecule has 1 heterocycles. The van der Waals surface area contributed by atoms with Crippen molar-refractivity contribution in [1.82, 2.24) is 4.98 Å². The molecule has 0 saturated carbocycles. The van der Waals surface area contributed by atoms with Gasteiger partial charge in [-0.05, 0) is 24.8 Å². The first-order chi connectivity index (χ1) is 7.88. The number of rotatable bonds is 1. The quantitative estimate of drug-likeness (QED) is 0.812. The molecule has 1 N–H and O–H groups in total. The van der Waals surface area contributed by atoms with E-state index in [2.05, 4.69) is 34.6 Å². The average molecular weight is 230 g/mol. The molecule has 1 aromatic carbocycles. The molecule has 1 aliphatic carbocycles. The number of nitrogens with one attached hydrogen (secondary N) is 1. The van der Waals surface area contributed by atoms with E-state index in [-0.39, 0.29) is 0 Å². The van der Waals surface area contributed by atoms with Gasteiger partial charge in [-0.25, -0.2) is 4.98 Å². The molecule has 16 heavy (non-hydrogen) atoms. The smallest absolute Gasteiger partial charge is 0.183 e. The zero-order valence-corrected chi connectivity index (χ0v) is 10.1. The van der Waals surface area contributed by atoms with Crippen LogP contribution in [0.5, 0.6) is 0 Å². The van der Waals surface area contributed by atoms with Gasteiger partial charge in [0.2, 0.25) is 0 Å². The van der Waals surface area contributed by atoms with E-state index in [1.54, 1.807) is 11.3 Å². The van der Waals surface area contributed by atoms with Gasteiger partial charge in [0, 0.05) is 17.5 Å². The standard InChI is InChI=1S/C13H14N2S/c1-14-13-15-12-10-7-3-2-5-9(10)6-4-8-11(12)16-13/h2-3,5,7H,4,6,8H2,1H3,(H,14,15). The normalized spacial score (nSPS) is 13.8. The Morgan fingerprint density at radius 2 is 2.12 bits per heavy atom. The highest BCUT2D eigenvalue weighted by Gasteiger charge is 2.18. The fourth-order valence-electron chi connectivity index (χ4n) is 2.25. The summed E-state index contributed by atoms with van der Waals surface area (Å²) < 4.78 is 0. The van der Waals surface area contributed by atoms with Crippen LogP contribution in [-0.4, -0.2) is 12.0 Å². The molecule has 3 rings (SSSR count). The van der Waals surface area contributed by atoms with Crippen molar-refractivity contribution in [2.24, 2.45) is 0 Å². The van der Waals surface area contributed by atoms with Gasteiger partial charge in [0.05, 0.1) is 5.69 Å². The van der Waals surface area contributed by atoms with E-state index in [1.165, 1.54) is 34.5 Å². The summed E-state index contributed by atoms with van der Waals surface area (Å²) in [7, 11) is 1.93.